The van der Waals surface area contributed by atoms with Crippen molar-refractivity contribution >= 4 is 0 Å². The molecule has 1 nitrogen and oxygen atoms in total. The minimum atomic E-state index is 0.817. The standard InChI is InChI=1S/C17H33N/c1-3-5-6-7-8-10-16-13-15(9-4-2)11-12-17(16)14-18/h3,15-17H,1,4-14,18H2,2H3. The zero-order valence-corrected chi connectivity index (χ0v) is 12.4. The van der Waals surface area contributed by atoms with E-state index in [0.29, 0.717) is 0 Å². The summed E-state index contributed by atoms with van der Waals surface area (Å²) in [5, 5.41) is 0. The van der Waals surface area contributed by atoms with Crippen molar-refractivity contribution in [3.8, 4) is 0 Å². The Kier molecular flexibility index (Phi) is 8.41. The molecular weight excluding hydrogens is 218 g/mol. The van der Waals surface area contributed by atoms with Gasteiger partial charge in [0.1, 0.15) is 0 Å². The molecule has 1 heteroatoms. The summed E-state index contributed by atoms with van der Waals surface area (Å²) in [6.45, 7) is 7.02. The Bertz CT molecular complexity index is 212. The van der Waals surface area contributed by atoms with Crippen molar-refractivity contribution in [3.05, 3.63) is 12.7 Å². The van der Waals surface area contributed by atoms with Gasteiger partial charge in [-0.05, 0) is 50.0 Å². The number of unbranched alkanes of at least 4 members (excludes halogenated alkanes) is 3. The summed E-state index contributed by atoms with van der Waals surface area (Å²) >= 11 is 0. The van der Waals surface area contributed by atoms with E-state index in [4.69, 9.17) is 5.73 Å². The Balaban J connectivity index is 2.26. The van der Waals surface area contributed by atoms with Crippen molar-refractivity contribution in [1.82, 2.24) is 0 Å². The Morgan fingerprint density at radius 1 is 1.11 bits per heavy atom. The van der Waals surface area contributed by atoms with E-state index in [2.05, 4.69) is 13.5 Å². The van der Waals surface area contributed by atoms with E-state index >= 15 is 0 Å². The molecule has 1 rings (SSSR count). The fraction of sp³-hybridized carbons (Fsp3) is 0.882. The molecule has 0 amide bonds. The molecule has 1 aliphatic carbocycles. The lowest BCUT2D eigenvalue weighted by atomic mass is 9.71. The van der Waals surface area contributed by atoms with Gasteiger partial charge in [0.25, 0.3) is 0 Å². The second-order valence-electron chi connectivity index (χ2n) is 6.15. The maximum atomic E-state index is 5.95. The van der Waals surface area contributed by atoms with Crippen LogP contribution in [0.25, 0.3) is 0 Å². The molecule has 0 heterocycles. The SMILES string of the molecule is C=CCCCCCC1CC(CCC)CCC1CN. The van der Waals surface area contributed by atoms with Crippen LogP contribution in [-0.2, 0) is 0 Å². The van der Waals surface area contributed by atoms with Crippen LogP contribution in [-0.4, -0.2) is 6.54 Å². The summed E-state index contributed by atoms with van der Waals surface area (Å²) in [5.74, 6) is 2.73. The highest BCUT2D eigenvalue weighted by Crippen LogP contribution is 2.38. The zero-order valence-electron chi connectivity index (χ0n) is 12.4. The zero-order chi connectivity index (χ0) is 13.2. The van der Waals surface area contributed by atoms with Crippen LogP contribution in [0, 0.1) is 17.8 Å². The summed E-state index contributed by atoms with van der Waals surface area (Å²) in [6, 6.07) is 0. The average molecular weight is 251 g/mol. The van der Waals surface area contributed by atoms with Gasteiger partial charge in [-0.2, -0.15) is 0 Å². The van der Waals surface area contributed by atoms with Crippen LogP contribution in [0.5, 0.6) is 0 Å². The van der Waals surface area contributed by atoms with Crippen LogP contribution in [0.1, 0.15) is 71.1 Å². The van der Waals surface area contributed by atoms with Crippen molar-refractivity contribution in [2.75, 3.05) is 6.54 Å². The van der Waals surface area contributed by atoms with Gasteiger partial charge in [-0.1, -0.05) is 51.5 Å². The van der Waals surface area contributed by atoms with Crippen LogP contribution in [0.2, 0.25) is 0 Å². The van der Waals surface area contributed by atoms with Gasteiger partial charge in [0.05, 0.1) is 0 Å². The van der Waals surface area contributed by atoms with Crippen LogP contribution in [0.4, 0.5) is 0 Å². The molecule has 2 N–H and O–H groups in total. The molecule has 106 valence electrons. The molecule has 0 radical (unpaired) electrons. The largest absolute Gasteiger partial charge is 0.330 e. The number of allylic oxidation sites excluding steroid dienone is 1. The van der Waals surface area contributed by atoms with E-state index in [1.165, 1.54) is 64.2 Å². The van der Waals surface area contributed by atoms with Crippen molar-refractivity contribution in [3.63, 3.8) is 0 Å². The first-order valence-electron chi connectivity index (χ1n) is 8.12. The highest BCUT2D eigenvalue weighted by atomic mass is 14.6. The molecule has 3 unspecified atom stereocenters. The Labute approximate surface area is 114 Å². The lowest BCUT2D eigenvalue weighted by Gasteiger charge is -2.36. The lowest BCUT2D eigenvalue weighted by Crippen LogP contribution is -2.30. The Morgan fingerprint density at radius 3 is 2.61 bits per heavy atom. The molecule has 0 aromatic carbocycles. The van der Waals surface area contributed by atoms with Gasteiger partial charge >= 0.3 is 0 Å². The highest BCUT2D eigenvalue weighted by molar-refractivity contribution is 4.80. The second kappa shape index (κ2) is 9.61. The van der Waals surface area contributed by atoms with Gasteiger partial charge in [-0.15, -0.1) is 6.58 Å². The second-order valence-corrected chi connectivity index (χ2v) is 6.15. The predicted octanol–water partition coefficient (Wildman–Crippen LogP) is 4.91. The third-order valence-electron chi connectivity index (χ3n) is 4.73. The van der Waals surface area contributed by atoms with E-state index in [0.717, 1.165) is 24.3 Å². The third-order valence-corrected chi connectivity index (χ3v) is 4.73. The number of hydrogen-bond donors (Lipinski definition) is 1. The van der Waals surface area contributed by atoms with Gasteiger partial charge in [-0.25, -0.2) is 0 Å². The van der Waals surface area contributed by atoms with E-state index < -0.39 is 0 Å². The van der Waals surface area contributed by atoms with Gasteiger partial charge in [0.15, 0.2) is 0 Å². The summed E-state index contributed by atoms with van der Waals surface area (Å²) in [6.07, 6.45) is 15.8. The molecule has 1 fully saturated rings. The van der Waals surface area contributed by atoms with Crippen LogP contribution in [0.15, 0.2) is 12.7 Å². The van der Waals surface area contributed by atoms with Crippen molar-refractivity contribution < 1.29 is 0 Å². The Morgan fingerprint density at radius 2 is 1.94 bits per heavy atom. The summed E-state index contributed by atoms with van der Waals surface area (Å²) < 4.78 is 0. The van der Waals surface area contributed by atoms with E-state index in [1.54, 1.807) is 0 Å². The predicted molar refractivity (Wildman–Crippen MR) is 81.6 cm³/mol. The molecule has 1 aliphatic rings. The minimum Gasteiger partial charge on any atom is -0.330 e. The maximum absolute atomic E-state index is 5.95. The van der Waals surface area contributed by atoms with E-state index in [9.17, 15) is 0 Å². The average Bonchev–Trinajstić information content (AvgIpc) is 2.39. The summed E-state index contributed by atoms with van der Waals surface area (Å²) in [7, 11) is 0. The topological polar surface area (TPSA) is 26.0 Å². The lowest BCUT2D eigenvalue weighted by molar-refractivity contribution is 0.164. The first-order chi connectivity index (χ1) is 8.81. The fourth-order valence-electron chi connectivity index (χ4n) is 3.63. The third kappa shape index (κ3) is 5.56. The fourth-order valence-corrected chi connectivity index (χ4v) is 3.63. The number of rotatable bonds is 9. The molecular formula is C17H33N. The summed E-state index contributed by atoms with van der Waals surface area (Å²) in [4.78, 5) is 0. The van der Waals surface area contributed by atoms with Gasteiger partial charge in [-0.3, -0.25) is 0 Å². The maximum Gasteiger partial charge on any atom is -0.00462 e. The van der Waals surface area contributed by atoms with Crippen LogP contribution in [0.3, 0.4) is 0 Å². The minimum absolute atomic E-state index is 0.817. The smallest absolute Gasteiger partial charge is 0.00462 e. The van der Waals surface area contributed by atoms with Crippen molar-refractivity contribution in [2.24, 2.45) is 23.5 Å². The molecule has 18 heavy (non-hydrogen) atoms. The van der Waals surface area contributed by atoms with E-state index in [-0.39, 0.29) is 0 Å². The molecule has 0 aromatic heterocycles. The molecule has 0 aliphatic heterocycles. The normalized spacial score (nSPS) is 28.2. The van der Waals surface area contributed by atoms with Crippen LogP contribution >= 0.6 is 0 Å². The molecule has 0 aromatic rings. The van der Waals surface area contributed by atoms with Crippen molar-refractivity contribution in [2.45, 2.75) is 71.1 Å². The van der Waals surface area contributed by atoms with Gasteiger partial charge in [0, 0.05) is 0 Å². The first-order valence-corrected chi connectivity index (χ1v) is 8.12. The van der Waals surface area contributed by atoms with Gasteiger partial charge in [0.2, 0.25) is 0 Å². The highest BCUT2D eigenvalue weighted by Gasteiger charge is 2.28. The molecule has 3 atom stereocenters. The van der Waals surface area contributed by atoms with E-state index in [1.807, 2.05) is 6.08 Å². The molecule has 0 saturated heterocycles. The molecule has 1 saturated carbocycles. The molecule has 0 bridgehead atoms. The first kappa shape index (κ1) is 15.8. The summed E-state index contributed by atoms with van der Waals surface area (Å²) in [5.41, 5.74) is 5.95. The number of hydrogen-bond acceptors (Lipinski definition) is 1. The van der Waals surface area contributed by atoms with Gasteiger partial charge < -0.3 is 5.73 Å². The molecule has 0 spiro atoms. The monoisotopic (exact) mass is 251 g/mol. The quantitative estimate of drug-likeness (QED) is 0.457. The number of nitrogens with two attached hydrogens (primary N) is 1. The Hall–Kier alpha value is -0.300. The van der Waals surface area contributed by atoms with Crippen molar-refractivity contribution in [1.29, 1.82) is 0 Å². The van der Waals surface area contributed by atoms with Crippen LogP contribution < -0.4 is 5.73 Å².